The fourth-order valence-corrected chi connectivity index (χ4v) is 7.33. The number of ether oxygens (including phenoxy) is 1. The van der Waals surface area contributed by atoms with E-state index in [0.29, 0.717) is 31.3 Å². The molecule has 6 rings (SSSR count). The topological polar surface area (TPSA) is 127 Å². The van der Waals surface area contributed by atoms with Gasteiger partial charge in [0.1, 0.15) is 22.8 Å². The summed E-state index contributed by atoms with van der Waals surface area (Å²) in [6.45, 7) is 17.2. The number of hydrogen-bond donors (Lipinski definition) is 3. The quantitative estimate of drug-likeness (QED) is 0.193. The van der Waals surface area contributed by atoms with Crippen LogP contribution in [0.25, 0.3) is 22.3 Å². The van der Waals surface area contributed by atoms with Gasteiger partial charge >= 0.3 is 12.2 Å². The van der Waals surface area contributed by atoms with E-state index in [9.17, 15) is 14.7 Å². The van der Waals surface area contributed by atoms with E-state index in [1.165, 1.54) is 0 Å². The van der Waals surface area contributed by atoms with Crippen LogP contribution in [0.5, 0.6) is 0 Å². The van der Waals surface area contributed by atoms with Crippen molar-refractivity contribution in [3.63, 3.8) is 0 Å². The van der Waals surface area contributed by atoms with Crippen LogP contribution >= 0.6 is 0 Å². The van der Waals surface area contributed by atoms with Gasteiger partial charge in [-0.1, -0.05) is 58.6 Å². The molecule has 48 heavy (non-hydrogen) atoms. The van der Waals surface area contributed by atoms with Crippen molar-refractivity contribution in [3.8, 4) is 23.1 Å². The summed E-state index contributed by atoms with van der Waals surface area (Å²) in [5.41, 5.74) is 3.53. The molecule has 3 N–H and O–H groups in total. The number of likely N-dealkylation sites (tertiary alicyclic amines) is 2. The van der Waals surface area contributed by atoms with E-state index in [1.807, 2.05) is 63.2 Å². The van der Waals surface area contributed by atoms with Crippen LogP contribution < -0.4 is 0 Å². The third-order valence-corrected chi connectivity index (χ3v) is 9.54. The number of carbonyl (C=O) groups is 2. The number of nitrogens with zero attached hydrogens (tertiary/aromatic N) is 4. The zero-order chi connectivity index (χ0) is 34.6. The summed E-state index contributed by atoms with van der Waals surface area (Å²) in [5.74, 6) is 8.55. The molecule has 0 unspecified atom stereocenters. The van der Waals surface area contributed by atoms with Crippen LogP contribution in [-0.4, -0.2) is 65.7 Å². The van der Waals surface area contributed by atoms with Gasteiger partial charge in [-0.2, -0.15) is 0 Å². The lowest BCUT2D eigenvalue weighted by molar-refractivity contribution is 0.0211. The number of aromatic nitrogens is 4. The predicted octanol–water partition coefficient (Wildman–Crippen LogP) is 7.93. The van der Waals surface area contributed by atoms with E-state index in [2.05, 4.69) is 56.4 Å². The first-order valence-electron chi connectivity index (χ1n) is 16.7. The maximum Gasteiger partial charge on any atom is 0.410 e. The average Bonchev–Trinajstić information content (AvgIpc) is 3.79. The number of nitrogens with one attached hydrogen (secondary N) is 2. The lowest BCUT2D eigenvalue weighted by Crippen LogP contribution is -2.53. The summed E-state index contributed by atoms with van der Waals surface area (Å²) in [7, 11) is 0. The van der Waals surface area contributed by atoms with E-state index in [4.69, 9.17) is 14.7 Å². The van der Waals surface area contributed by atoms with Gasteiger partial charge in [0, 0.05) is 24.2 Å². The summed E-state index contributed by atoms with van der Waals surface area (Å²) >= 11 is 0. The van der Waals surface area contributed by atoms with Crippen molar-refractivity contribution < 1.29 is 19.4 Å². The number of rotatable bonds is 3. The number of benzene rings is 2. The highest BCUT2D eigenvalue weighted by Gasteiger charge is 2.57. The Hall–Kier alpha value is -4.78. The Morgan fingerprint density at radius 2 is 1.65 bits per heavy atom. The second-order valence-corrected chi connectivity index (χ2v) is 15.6. The van der Waals surface area contributed by atoms with Crippen LogP contribution in [0, 0.1) is 29.1 Å². The molecule has 10 heteroatoms. The molecule has 10 nitrogen and oxygen atoms in total. The molecule has 0 spiro atoms. The molecule has 2 aromatic heterocycles. The number of fused-ring (bicyclic) bond motifs is 1. The molecule has 2 amide bonds. The first-order valence-corrected chi connectivity index (χ1v) is 16.7. The number of carboxylic acid groups (broad SMARTS) is 1. The van der Waals surface area contributed by atoms with Gasteiger partial charge < -0.3 is 19.8 Å². The summed E-state index contributed by atoms with van der Waals surface area (Å²) in [6, 6.07) is 13.7. The van der Waals surface area contributed by atoms with Gasteiger partial charge in [0.05, 0.1) is 29.0 Å². The molecular formula is C38H46N6O4. The minimum absolute atomic E-state index is 0.168. The minimum atomic E-state index is -0.921. The van der Waals surface area contributed by atoms with Gasteiger partial charge in [0.15, 0.2) is 0 Å². The fraction of sp³-hybridized carbons (Fsp3) is 0.474. The first kappa shape index (κ1) is 33.1. The highest BCUT2D eigenvalue weighted by atomic mass is 16.6. The molecule has 2 aliphatic heterocycles. The average molecular weight is 651 g/mol. The van der Waals surface area contributed by atoms with Crippen molar-refractivity contribution in [2.45, 2.75) is 85.4 Å². The summed E-state index contributed by atoms with van der Waals surface area (Å²) in [5, 5.41) is 10.1. The zero-order valence-corrected chi connectivity index (χ0v) is 29.1. The van der Waals surface area contributed by atoms with E-state index in [-0.39, 0.29) is 23.5 Å². The second-order valence-electron chi connectivity index (χ2n) is 15.6. The molecule has 0 radical (unpaired) electrons. The third kappa shape index (κ3) is 6.26. The molecule has 0 bridgehead atoms. The molecule has 2 saturated heterocycles. The fourth-order valence-electron chi connectivity index (χ4n) is 7.33. The number of H-pyrrole nitrogens is 2. The molecule has 252 valence electrons. The molecule has 4 aromatic rings. The van der Waals surface area contributed by atoms with Gasteiger partial charge in [-0.15, -0.1) is 0 Å². The van der Waals surface area contributed by atoms with Crippen molar-refractivity contribution in [1.82, 2.24) is 29.7 Å². The van der Waals surface area contributed by atoms with Gasteiger partial charge in [0.25, 0.3) is 0 Å². The summed E-state index contributed by atoms with van der Waals surface area (Å²) < 4.78 is 5.68. The van der Waals surface area contributed by atoms with Gasteiger partial charge in [-0.25, -0.2) is 19.6 Å². The van der Waals surface area contributed by atoms with E-state index >= 15 is 0 Å². The lowest BCUT2D eigenvalue weighted by Gasteiger charge is -2.45. The molecule has 2 aliphatic rings. The Morgan fingerprint density at radius 1 is 0.958 bits per heavy atom. The Kier molecular flexibility index (Phi) is 8.30. The number of hydrogen-bond acceptors (Lipinski definition) is 5. The third-order valence-electron chi connectivity index (χ3n) is 9.54. The zero-order valence-electron chi connectivity index (χ0n) is 29.1. The predicted molar refractivity (Wildman–Crippen MR) is 185 cm³/mol. The normalized spacial score (nSPS) is 23.0. The van der Waals surface area contributed by atoms with Crippen molar-refractivity contribution >= 4 is 23.2 Å². The van der Waals surface area contributed by atoms with Crippen molar-refractivity contribution in [3.05, 3.63) is 71.4 Å². The Morgan fingerprint density at radius 3 is 2.31 bits per heavy atom. The molecule has 0 aliphatic carbocycles. The van der Waals surface area contributed by atoms with Crippen LogP contribution in [0.3, 0.4) is 0 Å². The highest BCUT2D eigenvalue weighted by Crippen LogP contribution is 2.52. The monoisotopic (exact) mass is 650 g/mol. The molecule has 0 saturated carbocycles. The minimum Gasteiger partial charge on any atom is -0.465 e. The van der Waals surface area contributed by atoms with E-state index in [1.54, 1.807) is 16.0 Å². The van der Waals surface area contributed by atoms with Crippen molar-refractivity contribution in [2.75, 3.05) is 13.1 Å². The molecule has 2 aromatic carbocycles. The van der Waals surface area contributed by atoms with Crippen molar-refractivity contribution in [2.24, 2.45) is 17.3 Å². The number of aromatic amines is 2. The standard InChI is InChI=1S/C38H46N6O4/c1-23-17-31(43(21-23)35(47)48-37(6,7)8)32-40-28-16-13-26(18-29(28)41-32)10-9-25-11-14-27(15-12-25)30-20-39-33(42-30)38(36(3,4)5)19-24(2)22-44(38)34(45)46/h11-16,18,20,23-24,31H,17,19,21-22H2,1-8H3,(H,39,42)(H,40,41)(H,45,46)/t23-,24-,31-,38+/m0/s1. The van der Waals surface area contributed by atoms with Crippen LogP contribution in [-0.2, 0) is 10.3 Å². The van der Waals surface area contributed by atoms with Crippen LogP contribution in [0.4, 0.5) is 9.59 Å². The van der Waals surface area contributed by atoms with Crippen LogP contribution in [0.15, 0.2) is 48.7 Å². The molecule has 2 fully saturated rings. The highest BCUT2D eigenvalue weighted by molar-refractivity contribution is 5.77. The van der Waals surface area contributed by atoms with Crippen molar-refractivity contribution in [1.29, 1.82) is 0 Å². The molecule has 4 heterocycles. The maximum absolute atomic E-state index is 12.9. The number of amides is 2. The Labute approximate surface area is 282 Å². The van der Waals surface area contributed by atoms with Crippen LogP contribution in [0.2, 0.25) is 0 Å². The molecule has 4 atom stereocenters. The van der Waals surface area contributed by atoms with Crippen LogP contribution in [0.1, 0.15) is 97.0 Å². The Balaban J connectivity index is 1.19. The number of imidazole rings is 2. The Bertz CT molecular complexity index is 1900. The number of carbonyl (C=O) groups excluding carboxylic acids is 1. The SMILES string of the molecule is C[C@@H]1CN(C(=O)O)[C@](c2ncc(-c3ccc(C#Cc4ccc5nc([C@@H]6C[C@H](C)CN6C(=O)OC(C)(C)C)[nH]c5c4)cc3)[nH]2)(C(C)(C)C)C1. The molecular weight excluding hydrogens is 604 g/mol. The summed E-state index contributed by atoms with van der Waals surface area (Å²) in [4.78, 5) is 45.1. The first-order chi connectivity index (χ1) is 22.5. The lowest BCUT2D eigenvalue weighted by atomic mass is 9.70. The van der Waals surface area contributed by atoms with Gasteiger partial charge in [0.2, 0.25) is 0 Å². The largest absolute Gasteiger partial charge is 0.465 e. The van der Waals surface area contributed by atoms with Gasteiger partial charge in [-0.05, 0) is 86.8 Å². The maximum atomic E-state index is 12.9. The smallest absolute Gasteiger partial charge is 0.410 e. The second kappa shape index (κ2) is 12.0. The van der Waals surface area contributed by atoms with E-state index in [0.717, 1.165) is 45.7 Å². The summed E-state index contributed by atoms with van der Waals surface area (Å²) in [6.07, 6.45) is 2.08. The van der Waals surface area contributed by atoms with Gasteiger partial charge in [-0.3, -0.25) is 9.80 Å². The van der Waals surface area contributed by atoms with E-state index < -0.39 is 17.2 Å².